The summed E-state index contributed by atoms with van der Waals surface area (Å²) in [4.78, 5) is 25.5. The van der Waals surface area contributed by atoms with Crippen molar-refractivity contribution < 1.29 is 27.1 Å². The fourth-order valence-corrected chi connectivity index (χ4v) is 6.48. The number of esters is 1. The molecule has 0 unspecified atom stereocenters. The fourth-order valence-electron chi connectivity index (χ4n) is 4.51. The lowest BCUT2D eigenvalue weighted by Crippen LogP contribution is -2.44. The van der Waals surface area contributed by atoms with Crippen LogP contribution in [0.15, 0.2) is 23.1 Å². The zero-order valence-electron chi connectivity index (χ0n) is 20.3. The molecule has 2 aromatic rings. The van der Waals surface area contributed by atoms with E-state index in [2.05, 4.69) is 5.32 Å². The highest BCUT2D eigenvalue weighted by atomic mass is 32.2. The first-order valence-electron chi connectivity index (χ1n) is 11.5. The van der Waals surface area contributed by atoms with E-state index in [0.29, 0.717) is 42.0 Å². The minimum Gasteiger partial charge on any atom is -0.462 e. The third kappa shape index (κ3) is 4.88. The Kier molecular flexibility index (Phi) is 7.82. The van der Waals surface area contributed by atoms with Gasteiger partial charge in [0.1, 0.15) is 16.3 Å². The van der Waals surface area contributed by atoms with Gasteiger partial charge in [-0.05, 0) is 65.2 Å². The van der Waals surface area contributed by atoms with Crippen LogP contribution >= 0.6 is 0 Å². The normalized spacial score (nSPS) is 16.9. The van der Waals surface area contributed by atoms with Gasteiger partial charge in [0.2, 0.25) is 15.9 Å². The lowest BCUT2D eigenvalue weighted by atomic mass is 9.98. The summed E-state index contributed by atoms with van der Waals surface area (Å²) in [6.45, 7) is 9.38. The molecule has 1 aliphatic rings. The van der Waals surface area contributed by atoms with E-state index in [0.717, 1.165) is 0 Å². The van der Waals surface area contributed by atoms with Crippen LogP contribution in [0.3, 0.4) is 0 Å². The Balaban J connectivity index is 1.90. The molecule has 1 aromatic heterocycles. The number of halogens is 1. The minimum absolute atomic E-state index is 0.0272. The largest absolute Gasteiger partial charge is 0.462 e. The van der Waals surface area contributed by atoms with Gasteiger partial charge in [0.15, 0.2) is 0 Å². The van der Waals surface area contributed by atoms with Gasteiger partial charge in [-0.3, -0.25) is 4.79 Å². The number of piperidine rings is 1. The van der Waals surface area contributed by atoms with Gasteiger partial charge in [0.05, 0.1) is 12.5 Å². The highest BCUT2D eigenvalue weighted by Crippen LogP contribution is 2.33. The van der Waals surface area contributed by atoms with Crippen molar-refractivity contribution in [3.63, 3.8) is 0 Å². The highest BCUT2D eigenvalue weighted by molar-refractivity contribution is 7.89. The molecular formula is C24H32FN3O5S. The van der Waals surface area contributed by atoms with Crippen LogP contribution in [-0.4, -0.2) is 48.9 Å². The second-order valence-corrected chi connectivity index (χ2v) is 10.4. The highest BCUT2D eigenvalue weighted by Gasteiger charge is 2.39. The van der Waals surface area contributed by atoms with Crippen LogP contribution in [0.4, 0.5) is 10.1 Å². The van der Waals surface area contributed by atoms with Crippen LogP contribution in [0.1, 0.15) is 54.0 Å². The van der Waals surface area contributed by atoms with Crippen LogP contribution in [-0.2, 0) is 26.1 Å². The average molecular weight is 494 g/mol. The van der Waals surface area contributed by atoms with Crippen LogP contribution in [0.25, 0.3) is 0 Å². The number of hydrogen-bond acceptors (Lipinski definition) is 5. The quantitative estimate of drug-likeness (QED) is 0.592. The standard InChI is InChI=1S/C24H32FN3O5S/c1-6-28-16(4)21(24(30)33-7-2)22(17(28)5)34(31,32)27-12-8-9-18(14-27)23(29)26-19-11-10-15(3)20(25)13-19/h10-11,13,18H,6-9,12,14H2,1-5H3,(H,26,29)/t18-/m0/s1. The number of carbonyl (C=O) groups excluding carboxylic acids is 2. The second kappa shape index (κ2) is 10.3. The van der Waals surface area contributed by atoms with Crippen molar-refractivity contribution in [2.24, 2.45) is 5.92 Å². The summed E-state index contributed by atoms with van der Waals surface area (Å²) in [6, 6.07) is 4.43. The number of benzene rings is 1. The van der Waals surface area contributed by atoms with E-state index >= 15 is 0 Å². The molecule has 1 amide bonds. The number of sulfonamides is 1. The van der Waals surface area contributed by atoms with Gasteiger partial charge >= 0.3 is 5.97 Å². The summed E-state index contributed by atoms with van der Waals surface area (Å²) in [5.74, 6) is -2.08. The molecule has 1 fully saturated rings. The Morgan fingerprint density at radius 1 is 1.18 bits per heavy atom. The van der Waals surface area contributed by atoms with Gasteiger partial charge in [0, 0.05) is 36.7 Å². The predicted molar refractivity (Wildman–Crippen MR) is 127 cm³/mol. The summed E-state index contributed by atoms with van der Waals surface area (Å²) in [5, 5.41) is 2.69. The van der Waals surface area contributed by atoms with Crippen molar-refractivity contribution in [3.05, 3.63) is 46.5 Å². The molecule has 34 heavy (non-hydrogen) atoms. The number of aryl methyl sites for hydroxylation is 1. The van der Waals surface area contributed by atoms with Crippen LogP contribution in [0.5, 0.6) is 0 Å². The molecule has 0 bridgehead atoms. The second-order valence-electron chi connectivity index (χ2n) is 8.50. The first-order chi connectivity index (χ1) is 16.0. The van der Waals surface area contributed by atoms with Crippen molar-refractivity contribution >= 4 is 27.6 Å². The molecule has 0 saturated carbocycles. The van der Waals surface area contributed by atoms with Crippen LogP contribution < -0.4 is 5.32 Å². The SMILES string of the molecule is CCOC(=O)c1c(S(=O)(=O)N2CCC[C@H](C(=O)Nc3ccc(C)c(F)c3)C2)c(C)n(CC)c1C. The van der Waals surface area contributed by atoms with E-state index < -0.39 is 27.7 Å². The summed E-state index contributed by atoms with van der Waals surface area (Å²) >= 11 is 0. The van der Waals surface area contributed by atoms with Gasteiger partial charge in [-0.2, -0.15) is 4.31 Å². The minimum atomic E-state index is -4.08. The molecule has 1 saturated heterocycles. The molecule has 8 nitrogen and oxygen atoms in total. The number of ether oxygens (including phenoxy) is 1. The number of anilines is 1. The molecule has 1 N–H and O–H groups in total. The van der Waals surface area contributed by atoms with Gasteiger partial charge in [-0.1, -0.05) is 6.07 Å². The Labute approximate surface area is 200 Å². The van der Waals surface area contributed by atoms with Crippen LogP contribution in [0.2, 0.25) is 0 Å². The molecule has 0 spiro atoms. The number of aromatic nitrogens is 1. The van der Waals surface area contributed by atoms with Crippen molar-refractivity contribution in [2.75, 3.05) is 25.0 Å². The van der Waals surface area contributed by atoms with Gasteiger partial charge < -0.3 is 14.6 Å². The fraction of sp³-hybridized carbons (Fsp3) is 0.500. The third-order valence-electron chi connectivity index (χ3n) is 6.32. The first kappa shape index (κ1) is 25.9. The van der Waals surface area contributed by atoms with E-state index in [9.17, 15) is 22.4 Å². The molecule has 2 heterocycles. The summed E-state index contributed by atoms with van der Waals surface area (Å²) < 4.78 is 49.6. The van der Waals surface area contributed by atoms with Crippen molar-refractivity contribution in [1.29, 1.82) is 0 Å². The average Bonchev–Trinajstić information content (AvgIpc) is 3.06. The lowest BCUT2D eigenvalue weighted by molar-refractivity contribution is -0.120. The molecule has 3 rings (SSSR count). The summed E-state index contributed by atoms with van der Waals surface area (Å²) in [6.07, 6.45) is 0.992. The number of carbonyl (C=O) groups is 2. The Bertz CT molecular complexity index is 1210. The van der Waals surface area contributed by atoms with Crippen LogP contribution in [0, 0.1) is 32.5 Å². The molecule has 186 valence electrons. The number of hydrogen-bond donors (Lipinski definition) is 1. The maximum atomic E-state index is 13.9. The number of amides is 1. The van der Waals surface area contributed by atoms with Gasteiger partial charge in [0.25, 0.3) is 0 Å². The molecular weight excluding hydrogens is 461 g/mol. The summed E-state index contributed by atoms with van der Waals surface area (Å²) in [5.41, 5.74) is 1.83. The Hall–Kier alpha value is -2.72. The van der Waals surface area contributed by atoms with Crippen molar-refractivity contribution in [3.8, 4) is 0 Å². The van der Waals surface area contributed by atoms with Crippen molar-refractivity contribution in [2.45, 2.75) is 58.9 Å². The first-order valence-corrected chi connectivity index (χ1v) is 12.9. The zero-order chi connectivity index (χ0) is 25.2. The van der Waals surface area contributed by atoms with E-state index in [-0.39, 0.29) is 36.1 Å². The molecule has 10 heteroatoms. The number of nitrogens with one attached hydrogen (secondary N) is 1. The predicted octanol–water partition coefficient (Wildman–Crippen LogP) is 3.79. The molecule has 0 aliphatic carbocycles. The Morgan fingerprint density at radius 2 is 1.88 bits per heavy atom. The maximum Gasteiger partial charge on any atom is 0.341 e. The lowest BCUT2D eigenvalue weighted by Gasteiger charge is -2.31. The van der Waals surface area contributed by atoms with E-state index in [1.54, 1.807) is 44.4 Å². The number of rotatable bonds is 7. The smallest absolute Gasteiger partial charge is 0.341 e. The van der Waals surface area contributed by atoms with E-state index in [1.807, 2.05) is 6.92 Å². The molecule has 1 atom stereocenters. The zero-order valence-corrected chi connectivity index (χ0v) is 21.1. The van der Waals surface area contributed by atoms with E-state index in [1.165, 1.54) is 10.4 Å². The van der Waals surface area contributed by atoms with E-state index in [4.69, 9.17) is 4.74 Å². The maximum absolute atomic E-state index is 13.9. The van der Waals surface area contributed by atoms with Gasteiger partial charge in [-0.15, -0.1) is 0 Å². The Morgan fingerprint density at radius 3 is 2.50 bits per heavy atom. The van der Waals surface area contributed by atoms with Crippen molar-refractivity contribution in [1.82, 2.24) is 8.87 Å². The van der Waals surface area contributed by atoms with Gasteiger partial charge in [-0.25, -0.2) is 17.6 Å². The monoisotopic (exact) mass is 493 g/mol. The molecule has 1 aromatic carbocycles. The topological polar surface area (TPSA) is 97.7 Å². The molecule has 0 radical (unpaired) electrons. The number of nitrogens with zero attached hydrogens (tertiary/aromatic N) is 2. The molecule has 1 aliphatic heterocycles. The summed E-state index contributed by atoms with van der Waals surface area (Å²) in [7, 11) is -4.08. The third-order valence-corrected chi connectivity index (χ3v) is 8.34.